The molecule has 51 heavy (non-hydrogen) atoms. The van der Waals surface area contributed by atoms with Gasteiger partial charge in [-0.3, -0.25) is 19.7 Å². The largest absolute Gasteiger partial charge is 0.488 e. The number of benzene rings is 3. The van der Waals surface area contributed by atoms with E-state index < -0.39 is 29.8 Å². The molecular weight excluding hydrogens is 676 g/mol. The van der Waals surface area contributed by atoms with Crippen molar-refractivity contribution < 1.29 is 33.8 Å². The number of ether oxygens (including phenoxy) is 2. The number of aromatic nitrogens is 3. The molecule has 0 saturated heterocycles. The van der Waals surface area contributed by atoms with Crippen molar-refractivity contribution in [2.45, 2.75) is 46.6 Å². The molecule has 0 spiro atoms. The second-order valence-corrected chi connectivity index (χ2v) is 12.7. The molecule has 13 nitrogen and oxygen atoms in total. The van der Waals surface area contributed by atoms with Crippen LogP contribution in [-0.2, 0) is 31.1 Å². The van der Waals surface area contributed by atoms with Crippen LogP contribution in [0.15, 0.2) is 85.1 Å². The molecule has 0 fully saturated rings. The highest BCUT2D eigenvalue weighted by Crippen LogP contribution is 2.33. The molecule has 14 heteroatoms. The van der Waals surface area contributed by atoms with Gasteiger partial charge in [0.2, 0.25) is 0 Å². The lowest BCUT2D eigenvalue weighted by Crippen LogP contribution is -2.21. The number of aryl methyl sites for hydroxylation is 1. The molecular formula is C37H39ClN6O7. The summed E-state index contributed by atoms with van der Waals surface area (Å²) in [5, 5.41) is 23.2. The van der Waals surface area contributed by atoms with E-state index in [1.165, 1.54) is 6.92 Å². The van der Waals surface area contributed by atoms with E-state index in [1.54, 1.807) is 29.1 Å². The summed E-state index contributed by atoms with van der Waals surface area (Å²) in [6, 6.07) is 24.2. The van der Waals surface area contributed by atoms with E-state index in [2.05, 4.69) is 46.4 Å². The van der Waals surface area contributed by atoms with Gasteiger partial charge in [-0.1, -0.05) is 62.7 Å². The molecule has 266 valence electrons. The third kappa shape index (κ3) is 11.1. The summed E-state index contributed by atoms with van der Waals surface area (Å²) in [4.78, 5) is 48.6. The Hall–Kier alpha value is -5.79. The highest BCUT2D eigenvalue weighted by Gasteiger charge is 2.22. The van der Waals surface area contributed by atoms with Gasteiger partial charge in [-0.2, -0.15) is 5.10 Å². The number of fused-ring (bicyclic) bond motifs is 1. The second-order valence-electron chi connectivity index (χ2n) is 12.3. The Labute approximate surface area is 299 Å². The van der Waals surface area contributed by atoms with Crippen LogP contribution in [0.5, 0.6) is 5.75 Å². The summed E-state index contributed by atoms with van der Waals surface area (Å²) in [7, 11) is 0. The van der Waals surface area contributed by atoms with Crippen LogP contribution < -0.4 is 20.7 Å². The normalized spacial score (nSPS) is 10.8. The molecule has 0 aliphatic rings. The molecule has 4 N–H and O–H groups in total. The van der Waals surface area contributed by atoms with Gasteiger partial charge in [0, 0.05) is 35.4 Å². The number of amides is 3. The van der Waals surface area contributed by atoms with E-state index in [1.807, 2.05) is 67.6 Å². The fraction of sp³-hybridized carbons (Fsp3) is 0.243. The number of hydrogen-bond donors (Lipinski definition) is 4. The SMILES string of the molecule is CC(=O)OCC(=O)Cl.Cc1ccc(-n2nc(C(C)(C)C)cc2NC(=O)Nc2ccc(OCc3ccnc(NC(=O)CO)c3)c3ccccc23)cc1. The van der Waals surface area contributed by atoms with Crippen molar-refractivity contribution in [2.75, 3.05) is 29.2 Å². The molecule has 2 aromatic heterocycles. The van der Waals surface area contributed by atoms with Gasteiger partial charge >= 0.3 is 12.0 Å². The maximum atomic E-state index is 13.3. The Morgan fingerprint density at radius 3 is 2.24 bits per heavy atom. The molecule has 0 saturated carbocycles. The lowest BCUT2D eigenvalue weighted by atomic mass is 9.92. The third-order valence-electron chi connectivity index (χ3n) is 7.15. The average Bonchev–Trinajstić information content (AvgIpc) is 3.52. The molecule has 3 amide bonds. The van der Waals surface area contributed by atoms with Crippen molar-refractivity contribution in [3.05, 3.63) is 102 Å². The molecule has 5 aromatic rings. The topological polar surface area (TPSA) is 174 Å². The number of carbonyl (C=O) groups is 4. The van der Waals surface area contributed by atoms with Crippen LogP contribution in [0.4, 0.5) is 22.1 Å². The first-order chi connectivity index (χ1) is 24.2. The van der Waals surface area contributed by atoms with Crippen molar-refractivity contribution in [3.8, 4) is 11.4 Å². The van der Waals surface area contributed by atoms with Crippen LogP contribution in [0, 0.1) is 6.92 Å². The number of halogens is 1. The maximum Gasteiger partial charge on any atom is 0.324 e. The summed E-state index contributed by atoms with van der Waals surface area (Å²) >= 11 is 4.81. The predicted molar refractivity (Wildman–Crippen MR) is 195 cm³/mol. The Morgan fingerprint density at radius 2 is 1.61 bits per heavy atom. The molecule has 0 bridgehead atoms. The van der Waals surface area contributed by atoms with Crippen LogP contribution in [-0.4, -0.2) is 56.2 Å². The minimum Gasteiger partial charge on any atom is -0.488 e. The zero-order valence-electron chi connectivity index (χ0n) is 28.8. The third-order valence-corrected chi connectivity index (χ3v) is 7.26. The standard InChI is InChI=1S/C33H34N6O4.C4H5ClO3/c1-21-9-11-23(12-10-21)39-30(18-28(38-39)33(2,3)4)37-32(42)35-26-13-14-27(25-8-6-5-7-24(25)26)43-20-22-15-16-34-29(17-22)36-31(41)19-40;1-3(6)8-2-4(5)7/h5-18,40H,19-20H2,1-4H3,(H,34,36,41)(H2,35,37,42);2H2,1H3. The van der Waals surface area contributed by atoms with E-state index >= 15 is 0 Å². The number of rotatable bonds is 10. The monoisotopic (exact) mass is 714 g/mol. The zero-order chi connectivity index (χ0) is 37.1. The summed E-state index contributed by atoms with van der Waals surface area (Å²) in [6.07, 6.45) is 1.56. The Balaban J connectivity index is 0.000000652. The summed E-state index contributed by atoms with van der Waals surface area (Å²) in [5.74, 6) is 0.472. The van der Waals surface area contributed by atoms with E-state index in [-0.39, 0.29) is 18.6 Å². The number of pyridine rings is 1. The first-order valence-corrected chi connectivity index (χ1v) is 16.2. The maximum absolute atomic E-state index is 13.3. The summed E-state index contributed by atoms with van der Waals surface area (Å²) < 4.78 is 12.1. The van der Waals surface area contributed by atoms with Crippen LogP contribution in [0.1, 0.15) is 44.5 Å². The lowest BCUT2D eigenvalue weighted by molar-refractivity contribution is -0.143. The van der Waals surface area contributed by atoms with Crippen LogP contribution in [0.3, 0.4) is 0 Å². The number of urea groups is 1. The van der Waals surface area contributed by atoms with Gasteiger partial charge in [0.05, 0.1) is 17.1 Å². The number of anilines is 3. The number of esters is 1. The van der Waals surface area contributed by atoms with Crippen molar-refractivity contribution in [1.82, 2.24) is 14.8 Å². The predicted octanol–water partition coefficient (Wildman–Crippen LogP) is 6.50. The van der Waals surface area contributed by atoms with Crippen LogP contribution in [0.2, 0.25) is 0 Å². The van der Waals surface area contributed by atoms with Crippen LogP contribution >= 0.6 is 11.6 Å². The molecule has 0 aliphatic carbocycles. The minimum absolute atomic E-state index is 0.208. The number of carbonyl (C=O) groups excluding carboxylic acids is 4. The van der Waals surface area contributed by atoms with Crippen molar-refractivity contribution in [2.24, 2.45) is 0 Å². The smallest absolute Gasteiger partial charge is 0.324 e. The Kier molecular flexibility index (Phi) is 12.8. The Bertz CT molecular complexity index is 2010. The number of nitrogens with one attached hydrogen (secondary N) is 3. The quantitative estimate of drug-likeness (QED) is 0.0931. The second kappa shape index (κ2) is 17.2. The number of nitrogens with zero attached hydrogens (tertiary/aromatic N) is 3. The molecule has 0 aliphatic heterocycles. The first kappa shape index (κ1) is 38.0. The highest BCUT2D eigenvalue weighted by atomic mass is 35.5. The summed E-state index contributed by atoms with van der Waals surface area (Å²) in [5.41, 5.74) is 4.04. The first-order valence-electron chi connectivity index (χ1n) is 15.8. The van der Waals surface area contributed by atoms with Gasteiger partial charge in [-0.25, -0.2) is 14.5 Å². The van der Waals surface area contributed by atoms with Crippen LogP contribution in [0.25, 0.3) is 16.5 Å². The molecule has 0 unspecified atom stereocenters. The fourth-order valence-corrected chi connectivity index (χ4v) is 4.68. The van der Waals surface area contributed by atoms with Crippen molar-refractivity contribution in [1.29, 1.82) is 0 Å². The van der Waals surface area contributed by atoms with Crippen molar-refractivity contribution >= 4 is 62.8 Å². The molecule has 5 rings (SSSR count). The summed E-state index contributed by atoms with van der Waals surface area (Å²) in [6.45, 7) is 8.74. The number of aliphatic hydroxyl groups excluding tert-OH is 1. The van der Waals surface area contributed by atoms with E-state index in [0.717, 1.165) is 33.3 Å². The number of aliphatic hydroxyl groups is 1. The fourth-order valence-electron chi connectivity index (χ4n) is 4.63. The van der Waals surface area contributed by atoms with E-state index in [9.17, 15) is 19.2 Å². The van der Waals surface area contributed by atoms with Gasteiger partial charge in [-0.15, -0.1) is 0 Å². The number of hydrogen-bond acceptors (Lipinski definition) is 9. The minimum atomic E-state index is -0.666. The van der Waals surface area contributed by atoms with Gasteiger partial charge < -0.3 is 25.2 Å². The molecule has 0 radical (unpaired) electrons. The average molecular weight is 715 g/mol. The van der Waals surface area contributed by atoms with Gasteiger partial charge in [0.15, 0.2) is 6.61 Å². The van der Waals surface area contributed by atoms with E-state index in [0.29, 0.717) is 23.1 Å². The van der Waals surface area contributed by atoms with Crippen molar-refractivity contribution in [3.63, 3.8) is 0 Å². The molecule has 0 atom stereocenters. The van der Waals surface area contributed by atoms with E-state index in [4.69, 9.17) is 26.5 Å². The highest BCUT2D eigenvalue weighted by molar-refractivity contribution is 6.64. The zero-order valence-corrected chi connectivity index (χ0v) is 29.6. The molecule has 2 heterocycles. The Morgan fingerprint density at radius 1 is 0.902 bits per heavy atom. The van der Waals surface area contributed by atoms with Gasteiger partial charge in [0.25, 0.3) is 11.1 Å². The molecule has 3 aromatic carbocycles. The van der Waals surface area contributed by atoms with Gasteiger partial charge in [-0.05, 0) is 60.5 Å². The van der Waals surface area contributed by atoms with Gasteiger partial charge in [0.1, 0.15) is 30.6 Å². The lowest BCUT2D eigenvalue weighted by Gasteiger charge is -2.15.